The van der Waals surface area contributed by atoms with Gasteiger partial charge >= 0.3 is 0 Å². The van der Waals surface area contributed by atoms with Crippen LogP contribution >= 0.6 is 0 Å². The Morgan fingerprint density at radius 3 is 2.35 bits per heavy atom. The maximum absolute atomic E-state index is 10.1. The van der Waals surface area contributed by atoms with Crippen LogP contribution in [0.1, 0.15) is 5.56 Å². The van der Waals surface area contributed by atoms with Crippen LogP contribution in [0.5, 0.6) is 17.2 Å². The summed E-state index contributed by atoms with van der Waals surface area (Å²) in [6.45, 7) is -0.742. The van der Waals surface area contributed by atoms with Gasteiger partial charge < -0.3 is 44.5 Å². The minimum atomic E-state index is -1.56. The van der Waals surface area contributed by atoms with Gasteiger partial charge in [0, 0.05) is 11.6 Å². The first kappa shape index (κ1) is 20.4. The van der Waals surface area contributed by atoms with E-state index in [1.54, 1.807) is 12.1 Å². The summed E-state index contributed by atoms with van der Waals surface area (Å²) in [5.41, 5.74) is 0.542. The number of benzene rings is 1. The summed E-state index contributed by atoms with van der Waals surface area (Å²) in [7, 11) is 2.87. The minimum Gasteiger partial charge on any atom is -0.497 e. The Balaban J connectivity index is 2.36. The highest BCUT2D eigenvalue weighted by Crippen LogP contribution is 2.38. The molecule has 2 rings (SSSR count). The number of rotatable bonds is 7. The first-order valence-corrected chi connectivity index (χ1v) is 7.97. The summed E-state index contributed by atoms with van der Waals surface area (Å²) in [4.78, 5) is 0. The van der Waals surface area contributed by atoms with Crippen LogP contribution in [0.3, 0.4) is 0 Å². The van der Waals surface area contributed by atoms with Crippen LogP contribution in [0.25, 0.3) is 6.08 Å². The molecule has 26 heavy (non-hydrogen) atoms. The normalized spacial score (nSPS) is 29.0. The fraction of sp³-hybridized carbons (Fsp3) is 0.529. The summed E-state index contributed by atoms with van der Waals surface area (Å²) in [5.74, 6) is 0.851. The lowest BCUT2D eigenvalue weighted by Crippen LogP contribution is -2.60. The molecule has 0 unspecified atom stereocenters. The third kappa shape index (κ3) is 4.26. The van der Waals surface area contributed by atoms with E-state index in [4.69, 9.17) is 24.1 Å². The third-order valence-corrected chi connectivity index (χ3v) is 3.99. The molecule has 0 amide bonds. The smallest absolute Gasteiger partial charge is 0.229 e. The zero-order valence-corrected chi connectivity index (χ0v) is 14.5. The number of aliphatic hydroxyl groups is 5. The van der Waals surface area contributed by atoms with Crippen molar-refractivity contribution in [2.24, 2.45) is 0 Å². The second-order valence-corrected chi connectivity index (χ2v) is 5.65. The molecule has 5 atom stereocenters. The minimum absolute atomic E-state index is 0.147. The van der Waals surface area contributed by atoms with Gasteiger partial charge in [-0.3, -0.25) is 0 Å². The monoisotopic (exact) mass is 372 g/mol. The molecule has 1 aliphatic heterocycles. The third-order valence-electron chi connectivity index (χ3n) is 3.99. The molecule has 0 saturated carbocycles. The molecule has 146 valence electrons. The Hall–Kier alpha value is -1.88. The summed E-state index contributed by atoms with van der Waals surface area (Å²) in [6, 6.07) is 3.15. The number of hydrogen-bond donors (Lipinski definition) is 5. The van der Waals surface area contributed by atoms with Gasteiger partial charge in [0.15, 0.2) is 11.5 Å². The molecule has 1 aromatic carbocycles. The lowest BCUT2D eigenvalue weighted by atomic mass is 9.99. The van der Waals surface area contributed by atoms with Gasteiger partial charge in [-0.1, -0.05) is 12.2 Å². The van der Waals surface area contributed by atoms with Gasteiger partial charge in [-0.25, -0.2) is 0 Å². The molecule has 1 saturated heterocycles. The molecule has 0 spiro atoms. The van der Waals surface area contributed by atoms with Gasteiger partial charge in [0.1, 0.15) is 30.2 Å². The summed E-state index contributed by atoms with van der Waals surface area (Å²) >= 11 is 0. The molecular weight excluding hydrogens is 348 g/mol. The topological polar surface area (TPSA) is 138 Å². The van der Waals surface area contributed by atoms with E-state index >= 15 is 0 Å². The fourth-order valence-electron chi connectivity index (χ4n) is 2.61. The van der Waals surface area contributed by atoms with Gasteiger partial charge in [0.25, 0.3) is 0 Å². The van der Waals surface area contributed by atoms with Gasteiger partial charge in [-0.2, -0.15) is 0 Å². The first-order chi connectivity index (χ1) is 12.5. The largest absolute Gasteiger partial charge is 0.497 e. The lowest BCUT2D eigenvalue weighted by Gasteiger charge is -2.39. The molecule has 9 heteroatoms. The fourth-order valence-corrected chi connectivity index (χ4v) is 2.61. The second-order valence-electron chi connectivity index (χ2n) is 5.65. The zero-order valence-electron chi connectivity index (χ0n) is 14.5. The Morgan fingerprint density at radius 2 is 1.77 bits per heavy atom. The second kappa shape index (κ2) is 9.17. The average Bonchev–Trinajstić information content (AvgIpc) is 2.66. The highest BCUT2D eigenvalue weighted by molar-refractivity contribution is 5.65. The van der Waals surface area contributed by atoms with Crippen LogP contribution in [0.15, 0.2) is 18.2 Å². The van der Waals surface area contributed by atoms with Crippen molar-refractivity contribution in [1.29, 1.82) is 0 Å². The van der Waals surface area contributed by atoms with E-state index in [0.717, 1.165) is 0 Å². The number of hydrogen-bond acceptors (Lipinski definition) is 9. The number of methoxy groups -OCH3 is 2. The maximum atomic E-state index is 10.1. The first-order valence-electron chi connectivity index (χ1n) is 7.97. The molecule has 1 aliphatic rings. The Kier molecular flexibility index (Phi) is 7.21. The van der Waals surface area contributed by atoms with Crippen molar-refractivity contribution in [3.05, 3.63) is 23.8 Å². The summed E-state index contributed by atoms with van der Waals surface area (Å²) in [5, 5.41) is 48.1. The summed E-state index contributed by atoms with van der Waals surface area (Å²) in [6.07, 6.45) is -3.96. The van der Waals surface area contributed by atoms with Gasteiger partial charge in [-0.05, 0) is 6.07 Å². The standard InChI is InChI=1S/C17H24O9/c1-23-10-6-9(4-3-5-18)16(24-2)11(7-10)25-17-15(22)14(21)13(20)12(8-19)26-17/h3-4,6-7,12-15,17-22H,5,8H2,1-2H3/t12-,13-,14+,15-,17-/m1/s1. The van der Waals surface area contributed by atoms with Crippen molar-refractivity contribution in [2.75, 3.05) is 27.4 Å². The molecule has 1 fully saturated rings. The van der Waals surface area contributed by atoms with Crippen molar-refractivity contribution >= 4 is 6.08 Å². The molecule has 0 radical (unpaired) electrons. The predicted molar refractivity (Wildman–Crippen MR) is 90.1 cm³/mol. The maximum Gasteiger partial charge on any atom is 0.229 e. The van der Waals surface area contributed by atoms with E-state index < -0.39 is 37.3 Å². The molecule has 1 aromatic rings. The van der Waals surface area contributed by atoms with Gasteiger partial charge in [0.2, 0.25) is 6.29 Å². The SMILES string of the molecule is COc1cc(C=CCO)c(OC)c(O[C@@H]2O[C@H](CO)[C@@H](O)[C@H](O)[C@H]2O)c1. The average molecular weight is 372 g/mol. The van der Waals surface area contributed by atoms with Crippen LogP contribution in [0, 0.1) is 0 Å². The zero-order chi connectivity index (χ0) is 19.3. The Morgan fingerprint density at radius 1 is 1.04 bits per heavy atom. The highest BCUT2D eigenvalue weighted by atomic mass is 16.7. The predicted octanol–water partition coefficient (Wildman–Crippen LogP) is -1.11. The van der Waals surface area contributed by atoms with Crippen LogP contribution in [-0.2, 0) is 4.74 Å². The van der Waals surface area contributed by atoms with Gasteiger partial charge in [0.05, 0.1) is 27.4 Å². The molecule has 0 aromatic heterocycles. The molecule has 5 N–H and O–H groups in total. The van der Waals surface area contributed by atoms with Crippen molar-refractivity contribution in [3.8, 4) is 17.2 Å². The van der Waals surface area contributed by atoms with E-state index in [1.807, 2.05) is 0 Å². The van der Waals surface area contributed by atoms with E-state index in [9.17, 15) is 20.4 Å². The van der Waals surface area contributed by atoms with Crippen LogP contribution in [0.4, 0.5) is 0 Å². The van der Waals surface area contributed by atoms with Crippen LogP contribution in [-0.4, -0.2) is 83.7 Å². The number of aliphatic hydroxyl groups excluding tert-OH is 5. The van der Waals surface area contributed by atoms with E-state index in [0.29, 0.717) is 11.3 Å². The molecule has 1 heterocycles. The van der Waals surface area contributed by atoms with Crippen molar-refractivity contribution in [2.45, 2.75) is 30.7 Å². The van der Waals surface area contributed by atoms with Crippen molar-refractivity contribution in [3.63, 3.8) is 0 Å². The van der Waals surface area contributed by atoms with E-state index in [2.05, 4.69) is 0 Å². The quantitative estimate of drug-likeness (QED) is 0.403. The highest BCUT2D eigenvalue weighted by Gasteiger charge is 2.45. The Labute approximate surface area is 150 Å². The van der Waals surface area contributed by atoms with Crippen LogP contribution in [0.2, 0.25) is 0 Å². The number of ether oxygens (including phenoxy) is 4. The molecular formula is C17H24O9. The summed E-state index contributed by atoms with van der Waals surface area (Å²) < 4.78 is 21.5. The Bertz CT molecular complexity index is 616. The molecule has 0 aliphatic carbocycles. The van der Waals surface area contributed by atoms with Crippen LogP contribution < -0.4 is 14.2 Å². The molecule has 0 bridgehead atoms. The molecule has 9 nitrogen and oxygen atoms in total. The van der Waals surface area contributed by atoms with E-state index in [-0.39, 0.29) is 18.1 Å². The van der Waals surface area contributed by atoms with Crippen molar-refractivity contribution < 1.29 is 44.5 Å². The lowest BCUT2D eigenvalue weighted by molar-refractivity contribution is -0.277. The van der Waals surface area contributed by atoms with Gasteiger partial charge in [-0.15, -0.1) is 0 Å². The van der Waals surface area contributed by atoms with E-state index in [1.165, 1.54) is 26.4 Å². The van der Waals surface area contributed by atoms with Crippen molar-refractivity contribution in [1.82, 2.24) is 0 Å².